The Labute approximate surface area is 158 Å². The number of halogens is 1. The average Bonchev–Trinajstić information content (AvgIpc) is 2.64. The molecule has 1 atom stereocenters. The van der Waals surface area contributed by atoms with Crippen LogP contribution >= 0.6 is 11.6 Å². The molecule has 0 aliphatic rings. The standard InChI is InChI=1S/C18H15ClN4O4/c1-11(13-4-2-3-5-15(13)19)21-17(24)9-22-10-20-16-7-6-12(23(26)27)8-14(16)18(22)25/h2-8,10-11H,9H2,1H3,(H,21,24)/t11-/m1/s1. The topological polar surface area (TPSA) is 107 Å². The van der Waals surface area contributed by atoms with Gasteiger partial charge in [-0.15, -0.1) is 0 Å². The number of hydrogen-bond acceptors (Lipinski definition) is 5. The molecule has 27 heavy (non-hydrogen) atoms. The van der Waals surface area contributed by atoms with Crippen molar-refractivity contribution in [1.29, 1.82) is 0 Å². The number of nitrogens with one attached hydrogen (secondary N) is 1. The molecule has 1 aromatic heterocycles. The summed E-state index contributed by atoms with van der Waals surface area (Å²) < 4.78 is 1.11. The number of carbonyl (C=O) groups excluding carboxylic acids is 1. The number of nitro groups is 1. The molecule has 8 nitrogen and oxygen atoms in total. The Hall–Kier alpha value is -3.26. The molecule has 3 aromatic rings. The zero-order valence-corrected chi connectivity index (χ0v) is 15.0. The molecule has 0 spiro atoms. The van der Waals surface area contributed by atoms with Crippen LogP contribution in [0, 0.1) is 10.1 Å². The predicted molar refractivity (Wildman–Crippen MR) is 101 cm³/mol. The lowest BCUT2D eigenvalue weighted by molar-refractivity contribution is -0.384. The number of benzene rings is 2. The fraction of sp³-hybridized carbons (Fsp3) is 0.167. The average molecular weight is 387 g/mol. The third-order valence-electron chi connectivity index (χ3n) is 4.08. The molecule has 0 saturated heterocycles. The van der Waals surface area contributed by atoms with Crippen molar-refractivity contribution in [2.45, 2.75) is 19.5 Å². The van der Waals surface area contributed by atoms with E-state index in [1.165, 1.54) is 18.5 Å². The fourth-order valence-electron chi connectivity index (χ4n) is 2.72. The molecular formula is C18H15ClN4O4. The molecular weight excluding hydrogens is 372 g/mol. The van der Waals surface area contributed by atoms with Crippen LogP contribution in [0.1, 0.15) is 18.5 Å². The third kappa shape index (κ3) is 3.95. The van der Waals surface area contributed by atoms with E-state index in [1.807, 2.05) is 6.07 Å². The number of nitrogens with zero attached hydrogens (tertiary/aromatic N) is 3. The van der Waals surface area contributed by atoms with Crippen LogP contribution in [0.2, 0.25) is 5.02 Å². The van der Waals surface area contributed by atoms with Gasteiger partial charge in [-0.1, -0.05) is 29.8 Å². The molecule has 9 heteroatoms. The lowest BCUT2D eigenvalue weighted by Gasteiger charge is -2.16. The van der Waals surface area contributed by atoms with Gasteiger partial charge in [0.25, 0.3) is 11.2 Å². The van der Waals surface area contributed by atoms with Gasteiger partial charge in [-0.05, 0) is 24.6 Å². The van der Waals surface area contributed by atoms with Crippen LogP contribution in [-0.2, 0) is 11.3 Å². The van der Waals surface area contributed by atoms with Gasteiger partial charge >= 0.3 is 0 Å². The highest BCUT2D eigenvalue weighted by Gasteiger charge is 2.15. The summed E-state index contributed by atoms with van der Waals surface area (Å²) in [6.07, 6.45) is 1.25. The summed E-state index contributed by atoms with van der Waals surface area (Å²) in [6.45, 7) is 1.52. The van der Waals surface area contributed by atoms with Gasteiger partial charge in [0.2, 0.25) is 5.91 Å². The Kier molecular flexibility index (Phi) is 5.18. The number of fused-ring (bicyclic) bond motifs is 1. The Balaban J connectivity index is 1.82. The molecule has 3 rings (SSSR count). The van der Waals surface area contributed by atoms with E-state index in [4.69, 9.17) is 11.6 Å². The van der Waals surface area contributed by atoms with Crippen molar-refractivity contribution in [3.63, 3.8) is 0 Å². The van der Waals surface area contributed by atoms with Crippen LogP contribution in [0.4, 0.5) is 5.69 Å². The molecule has 0 aliphatic heterocycles. The van der Waals surface area contributed by atoms with Gasteiger partial charge in [0, 0.05) is 17.2 Å². The minimum atomic E-state index is -0.589. The molecule has 0 saturated carbocycles. The second kappa shape index (κ2) is 7.55. The van der Waals surface area contributed by atoms with Gasteiger partial charge in [0.1, 0.15) is 6.54 Å². The van der Waals surface area contributed by atoms with E-state index in [-0.39, 0.29) is 23.7 Å². The highest BCUT2D eigenvalue weighted by Crippen LogP contribution is 2.22. The van der Waals surface area contributed by atoms with E-state index < -0.39 is 16.4 Å². The van der Waals surface area contributed by atoms with Crippen molar-refractivity contribution in [1.82, 2.24) is 14.9 Å². The zero-order chi connectivity index (χ0) is 19.6. The first-order chi connectivity index (χ1) is 12.9. The first-order valence-corrected chi connectivity index (χ1v) is 8.42. The monoisotopic (exact) mass is 386 g/mol. The molecule has 0 bridgehead atoms. The highest BCUT2D eigenvalue weighted by molar-refractivity contribution is 6.31. The van der Waals surface area contributed by atoms with Crippen molar-refractivity contribution in [2.24, 2.45) is 0 Å². The van der Waals surface area contributed by atoms with Gasteiger partial charge in [-0.25, -0.2) is 4.98 Å². The number of carbonyl (C=O) groups is 1. The maximum absolute atomic E-state index is 12.5. The summed E-state index contributed by atoms with van der Waals surface area (Å²) in [6, 6.07) is 10.6. The van der Waals surface area contributed by atoms with Crippen LogP contribution < -0.4 is 10.9 Å². The van der Waals surface area contributed by atoms with Crippen LogP contribution in [0.3, 0.4) is 0 Å². The van der Waals surface area contributed by atoms with E-state index in [1.54, 1.807) is 25.1 Å². The number of amides is 1. The molecule has 1 amide bonds. The minimum absolute atomic E-state index is 0.0821. The zero-order valence-electron chi connectivity index (χ0n) is 14.3. The number of nitro benzene ring substituents is 1. The SMILES string of the molecule is C[C@@H](NC(=O)Cn1cnc2ccc([N+](=O)[O-])cc2c1=O)c1ccccc1Cl. The molecule has 1 N–H and O–H groups in total. The molecule has 0 fully saturated rings. The lowest BCUT2D eigenvalue weighted by atomic mass is 10.1. The van der Waals surface area contributed by atoms with E-state index in [9.17, 15) is 19.7 Å². The van der Waals surface area contributed by atoms with Crippen LogP contribution in [0.15, 0.2) is 53.6 Å². The number of rotatable bonds is 5. The first-order valence-electron chi connectivity index (χ1n) is 8.04. The predicted octanol–water partition coefficient (Wildman–Crippen LogP) is 2.84. The first kappa shape index (κ1) is 18.5. The molecule has 0 radical (unpaired) electrons. The van der Waals surface area contributed by atoms with Gasteiger partial charge in [-0.3, -0.25) is 24.3 Å². The van der Waals surface area contributed by atoms with Crippen molar-refractivity contribution in [2.75, 3.05) is 0 Å². The maximum atomic E-state index is 12.5. The van der Waals surface area contributed by atoms with E-state index in [0.717, 1.165) is 16.2 Å². The Morgan fingerprint density at radius 1 is 1.33 bits per heavy atom. The molecule has 2 aromatic carbocycles. The summed E-state index contributed by atoms with van der Waals surface area (Å²) in [4.78, 5) is 39.3. The van der Waals surface area contributed by atoms with E-state index in [2.05, 4.69) is 10.3 Å². The minimum Gasteiger partial charge on any atom is -0.348 e. The van der Waals surface area contributed by atoms with Gasteiger partial charge < -0.3 is 5.32 Å². The summed E-state index contributed by atoms with van der Waals surface area (Å²) in [5, 5.41) is 14.3. The quantitative estimate of drug-likeness (QED) is 0.536. The number of hydrogen-bond donors (Lipinski definition) is 1. The smallest absolute Gasteiger partial charge is 0.270 e. The van der Waals surface area contributed by atoms with Crippen molar-refractivity contribution in [3.8, 4) is 0 Å². The molecule has 0 unspecified atom stereocenters. The second-order valence-electron chi connectivity index (χ2n) is 5.95. The van der Waals surface area contributed by atoms with Gasteiger partial charge in [0.05, 0.1) is 28.2 Å². The van der Waals surface area contributed by atoms with Gasteiger partial charge in [0.15, 0.2) is 0 Å². The second-order valence-corrected chi connectivity index (χ2v) is 6.35. The van der Waals surface area contributed by atoms with Crippen LogP contribution in [-0.4, -0.2) is 20.4 Å². The third-order valence-corrected chi connectivity index (χ3v) is 4.43. The maximum Gasteiger partial charge on any atom is 0.270 e. The van der Waals surface area contributed by atoms with Crippen LogP contribution in [0.25, 0.3) is 10.9 Å². The summed E-state index contributed by atoms with van der Waals surface area (Å²) >= 11 is 6.12. The largest absolute Gasteiger partial charge is 0.348 e. The van der Waals surface area contributed by atoms with Crippen molar-refractivity contribution < 1.29 is 9.72 Å². The van der Waals surface area contributed by atoms with E-state index in [0.29, 0.717) is 10.5 Å². The van der Waals surface area contributed by atoms with E-state index >= 15 is 0 Å². The Morgan fingerprint density at radius 2 is 2.07 bits per heavy atom. The Morgan fingerprint density at radius 3 is 2.78 bits per heavy atom. The summed E-state index contributed by atoms with van der Waals surface area (Å²) in [5.74, 6) is -0.406. The van der Waals surface area contributed by atoms with Crippen LogP contribution in [0.5, 0.6) is 0 Å². The molecule has 1 heterocycles. The van der Waals surface area contributed by atoms with Crippen molar-refractivity contribution in [3.05, 3.63) is 79.8 Å². The van der Waals surface area contributed by atoms with Crippen molar-refractivity contribution >= 4 is 34.1 Å². The summed E-state index contributed by atoms with van der Waals surface area (Å²) in [5.41, 5.74) is 0.346. The highest BCUT2D eigenvalue weighted by atomic mass is 35.5. The molecule has 138 valence electrons. The fourth-order valence-corrected chi connectivity index (χ4v) is 3.02. The normalized spacial score (nSPS) is 11.9. The molecule has 0 aliphatic carbocycles. The number of non-ortho nitro benzene ring substituents is 1. The van der Waals surface area contributed by atoms with Gasteiger partial charge in [-0.2, -0.15) is 0 Å². The summed E-state index contributed by atoms with van der Waals surface area (Å²) in [7, 11) is 0. The number of aromatic nitrogens is 2. The lowest BCUT2D eigenvalue weighted by Crippen LogP contribution is -2.34. The Bertz CT molecular complexity index is 1100.